The Morgan fingerprint density at radius 2 is 1.89 bits per heavy atom. The first-order valence-corrected chi connectivity index (χ1v) is 6.88. The molecule has 0 fully saturated rings. The van der Waals surface area contributed by atoms with Crippen LogP contribution < -0.4 is 10.5 Å². The van der Waals surface area contributed by atoms with Gasteiger partial charge in [0.1, 0.15) is 5.75 Å². The van der Waals surface area contributed by atoms with Crippen molar-refractivity contribution in [1.82, 2.24) is 0 Å². The SMILES string of the molecule is CC[C@H](N)c1ccc(Oc2ccc(Br)cc2F)cc1. The fraction of sp³-hybridized carbons (Fsp3) is 0.200. The average molecular weight is 324 g/mol. The molecule has 1 atom stereocenters. The standard InChI is InChI=1S/C15H15BrFNO/c1-2-14(18)10-3-6-12(7-4-10)19-15-8-5-11(16)9-13(15)17/h3-9,14H,2,18H2,1H3/t14-/m0/s1. The van der Waals surface area contributed by atoms with Crippen molar-refractivity contribution in [2.24, 2.45) is 5.73 Å². The number of halogens is 2. The van der Waals surface area contributed by atoms with Gasteiger partial charge in [0.15, 0.2) is 11.6 Å². The summed E-state index contributed by atoms with van der Waals surface area (Å²) in [6.07, 6.45) is 0.877. The topological polar surface area (TPSA) is 35.2 Å². The lowest BCUT2D eigenvalue weighted by molar-refractivity contribution is 0.441. The van der Waals surface area contributed by atoms with E-state index in [0.717, 1.165) is 12.0 Å². The number of hydrogen-bond donors (Lipinski definition) is 1. The summed E-state index contributed by atoms with van der Waals surface area (Å²) in [5, 5.41) is 0. The van der Waals surface area contributed by atoms with E-state index in [0.29, 0.717) is 10.2 Å². The molecule has 2 nitrogen and oxygen atoms in total. The smallest absolute Gasteiger partial charge is 0.166 e. The zero-order valence-corrected chi connectivity index (χ0v) is 12.2. The molecule has 0 aromatic heterocycles. The molecule has 100 valence electrons. The van der Waals surface area contributed by atoms with Gasteiger partial charge in [-0.05, 0) is 42.3 Å². The third kappa shape index (κ3) is 3.55. The lowest BCUT2D eigenvalue weighted by atomic mass is 10.1. The van der Waals surface area contributed by atoms with Crippen LogP contribution in [0.3, 0.4) is 0 Å². The first-order valence-electron chi connectivity index (χ1n) is 6.08. The first-order chi connectivity index (χ1) is 9.10. The fourth-order valence-corrected chi connectivity index (χ4v) is 2.04. The lowest BCUT2D eigenvalue weighted by Crippen LogP contribution is -2.08. The van der Waals surface area contributed by atoms with Crippen LogP contribution in [0.5, 0.6) is 11.5 Å². The second-order valence-electron chi connectivity index (χ2n) is 4.26. The van der Waals surface area contributed by atoms with E-state index >= 15 is 0 Å². The minimum atomic E-state index is -0.399. The van der Waals surface area contributed by atoms with Crippen molar-refractivity contribution in [2.75, 3.05) is 0 Å². The van der Waals surface area contributed by atoms with Crippen molar-refractivity contribution >= 4 is 15.9 Å². The maximum atomic E-state index is 13.6. The van der Waals surface area contributed by atoms with Crippen molar-refractivity contribution < 1.29 is 9.13 Å². The normalized spacial score (nSPS) is 12.2. The van der Waals surface area contributed by atoms with Crippen LogP contribution in [0.4, 0.5) is 4.39 Å². The molecule has 2 N–H and O–H groups in total. The van der Waals surface area contributed by atoms with E-state index in [1.54, 1.807) is 24.3 Å². The maximum absolute atomic E-state index is 13.6. The van der Waals surface area contributed by atoms with Gasteiger partial charge in [-0.15, -0.1) is 0 Å². The van der Waals surface area contributed by atoms with Crippen molar-refractivity contribution in [3.63, 3.8) is 0 Å². The molecule has 0 saturated carbocycles. The summed E-state index contributed by atoms with van der Waals surface area (Å²) in [6.45, 7) is 2.03. The number of benzene rings is 2. The van der Waals surface area contributed by atoms with Gasteiger partial charge in [0.2, 0.25) is 0 Å². The van der Waals surface area contributed by atoms with E-state index in [1.807, 2.05) is 19.1 Å². The van der Waals surface area contributed by atoms with Crippen LogP contribution in [0.15, 0.2) is 46.9 Å². The predicted molar refractivity (Wildman–Crippen MR) is 77.8 cm³/mol. The van der Waals surface area contributed by atoms with Gasteiger partial charge >= 0.3 is 0 Å². The second kappa shape index (κ2) is 6.17. The molecule has 0 saturated heterocycles. The van der Waals surface area contributed by atoms with Crippen molar-refractivity contribution in [2.45, 2.75) is 19.4 Å². The van der Waals surface area contributed by atoms with Crippen LogP contribution in [0.1, 0.15) is 24.9 Å². The van der Waals surface area contributed by atoms with Crippen molar-refractivity contribution in [3.05, 3.63) is 58.3 Å². The number of ether oxygens (including phenoxy) is 1. The van der Waals surface area contributed by atoms with Gasteiger partial charge in [0.25, 0.3) is 0 Å². The van der Waals surface area contributed by atoms with E-state index in [9.17, 15) is 4.39 Å². The first kappa shape index (κ1) is 14.0. The Kier molecular flexibility index (Phi) is 4.56. The molecule has 2 aromatic rings. The Hall–Kier alpha value is -1.39. The molecule has 4 heteroatoms. The highest BCUT2D eigenvalue weighted by Gasteiger charge is 2.07. The molecular formula is C15H15BrFNO. The maximum Gasteiger partial charge on any atom is 0.166 e. The summed E-state index contributed by atoms with van der Waals surface area (Å²) in [7, 11) is 0. The van der Waals surface area contributed by atoms with Crippen LogP contribution in [-0.4, -0.2) is 0 Å². The Morgan fingerprint density at radius 3 is 2.47 bits per heavy atom. The van der Waals surface area contributed by atoms with E-state index in [1.165, 1.54) is 6.07 Å². The molecular weight excluding hydrogens is 309 g/mol. The molecule has 2 rings (SSSR count). The van der Waals surface area contributed by atoms with Crippen LogP contribution in [0, 0.1) is 5.82 Å². The molecule has 0 aliphatic heterocycles. The molecule has 0 radical (unpaired) electrons. The van der Waals surface area contributed by atoms with Crippen molar-refractivity contribution in [1.29, 1.82) is 0 Å². The van der Waals surface area contributed by atoms with E-state index in [-0.39, 0.29) is 11.8 Å². The van der Waals surface area contributed by atoms with E-state index < -0.39 is 5.82 Å². The third-order valence-corrected chi connectivity index (χ3v) is 3.36. The van der Waals surface area contributed by atoms with Gasteiger partial charge < -0.3 is 10.5 Å². The van der Waals surface area contributed by atoms with Gasteiger partial charge in [-0.2, -0.15) is 0 Å². The fourth-order valence-electron chi connectivity index (χ4n) is 1.70. The largest absolute Gasteiger partial charge is 0.454 e. The van der Waals surface area contributed by atoms with Crippen LogP contribution >= 0.6 is 15.9 Å². The monoisotopic (exact) mass is 323 g/mol. The Bertz CT molecular complexity index is 557. The molecule has 2 aromatic carbocycles. The van der Waals surface area contributed by atoms with E-state index in [4.69, 9.17) is 10.5 Å². The highest BCUT2D eigenvalue weighted by molar-refractivity contribution is 9.10. The summed E-state index contributed by atoms with van der Waals surface area (Å²) in [6, 6.07) is 12.1. The number of hydrogen-bond acceptors (Lipinski definition) is 2. The van der Waals surface area contributed by atoms with Gasteiger partial charge in [-0.1, -0.05) is 35.0 Å². The molecule has 0 spiro atoms. The van der Waals surface area contributed by atoms with Gasteiger partial charge in [-0.3, -0.25) is 0 Å². The highest BCUT2D eigenvalue weighted by Crippen LogP contribution is 2.27. The Labute approximate surface area is 120 Å². The molecule has 0 aliphatic carbocycles. The minimum absolute atomic E-state index is 0.0264. The Balaban J connectivity index is 2.15. The summed E-state index contributed by atoms with van der Waals surface area (Å²) in [5.74, 6) is 0.396. The number of nitrogens with two attached hydrogens (primary N) is 1. The second-order valence-corrected chi connectivity index (χ2v) is 5.18. The predicted octanol–water partition coefficient (Wildman–Crippen LogP) is 4.79. The molecule has 0 heterocycles. The third-order valence-electron chi connectivity index (χ3n) is 2.87. The molecule has 0 unspecified atom stereocenters. The van der Waals surface area contributed by atoms with Gasteiger partial charge in [0.05, 0.1) is 0 Å². The Morgan fingerprint density at radius 1 is 1.21 bits per heavy atom. The minimum Gasteiger partial charge on any atom is -0.454 e. The van der Waals surface area contributed by atoms with Crippen LogP contribution in [0.2, 0.25) is 0 Å². The molecule has 0 amide bonds. The van der Waals surface area contributed by atoms with Crippen molar-refractivity contribution in [3.8, 4) is 11.5 Å². The van der Waals surface area contributed by atoms with Crippen LogP contribution in [0.25, 0.3) is 0 Å². The highest BCUT2D eigenvalue weighted by atomic mass is 79.9. The molecule has 0 aliphatic rings. The summed E-state index contributed by atoms with van der Waals surface area (Å²) >= 11 is 3.21. The molecule has 19 heavy (non-hydrogen) atoms. The van der Waals surface area contributed by atoms with Gasteiger partial charge in [-0.25, -0.2) is 4.39 Å². The zero-order chi connectivity index (χ0) is 13.8. The van der Waals surface area contributed by atoms with Crippen LogP contribution in [-0.2, 0) is 0 Å². The summed E-state index contributed by atoms with van der Waals surface area (Å²) < 4.78 is 19.8. The quantitative estimate of drug-likeness (QED) is 0.877. The lowest BCUT2D eigenvalue weighted by Gasteiger charge is -2.11. The average Bonchev–Trinajstić information content (AvgIpc) is 2.42. The molecule has 0 bridgehead atoms. The van der Waals surface area contributed by atoms with E-state index in [2.05, 4.69) is 15.9 Å². The summed E-state index contributed by atoms with van der Waals surface area (Å²) in [5.41, 5.74) is 6.98. The zero-order valence-electron chi connectivity index (χ0n) is 10.6. The number of rotatable bonds is 4. The summed E-state index contributed by atoms with van der Waals surface area (Å²) in [4.78, 5) is 0. The van der Waals surface area contributed by atoms with Gasteiger partial charge in [0, 0.05) is 10.5 Å².